The third-order valence-corrected chi connectivity index (χ3v) is 7.38. The fourth-order valence-corrected chi connectivity index (χ4v) is 5.55. The van der Waals surface area contributed by atoms with E-state index in [4.69, 9.17) is 5.11 Å². The first kappa shape index (κ1) is 18.2. The molecule has 3 aliphatic rings. The normalized spacial score (nSPS) is 24.7. The van der Waals surface area contributed by atoms with E-state index in [0.29, 0.717) is 18.6 Å². The molecule has 31 heavy (non-hydrogen) atoms. The van der Waals surface area contributed by atoms with Gasteiger partial charge >= 0.3 is 6.09 Å². The summed E-state index contributed by atoms with van der Waals surface area (Å²) in [4.78, 5) is 43.6. The number of rotatable bonds is 2. The maximum Gasteiger partial charge on any atom is 0.407 e. The molecule has 2 atom stereocenters. The molecule has 8 heteroatoms. The molecule has 158 valence electrons. The number of aryl methyl sites for hydroxylation is 1. The van der Waals surface area contributed by atoms with Crippen LogP contribution < -0.4 is 10.5 Å². The van der Waals surface area contributed by atoms with Crippen LogP contribution in [0.25, 0.3) is 10.9 Å². The van der Waals surface area contributed by atoms with Crippen LogP contribution in [0, 0.1) is 0 Å². The molecule has 1 spiro atoms. The monoisotopic (exact) mass is 418 g/mol. The highest BCUT2D eigenvalue weighted by atomic mass is 16.4. The van der Waals surface area contributed by atoms with Gasteiger partial charge in [0.15, 0.2) is 0 Å². The Bertz CT molecular complexity index is 1350. The number of likely N-dealkylation sites (tertiary alicyclic amines) is 1. The van der Waals surface area contributed by atoms with Gasteiger partial charge in [0, 0.05) is 62.0 Å². The topological polar surface area (TPSA) is 98.6 Å². The minimum absolute atomic E-state index is 0.000888. The standard InChI is InChI=1S/C23H22N4O4/c1-25-11-14(16-8-23(16)15-5-3-4-6-18(15)26(2)21(23)29)13-7-17(24-19(13)20(25)28)12-9-27(10-12)22(30)31/h3-7,11-12,16,24H,8-10H2,1-2H3,(H,30,31)/t16-,23-/m0/s1. The van der Waals surface area contributed by atoms with Crippen molar-refractivity contribution in [1.29, 1.82) is 0 Å². The lowest BCUT2D eigenvalue weighted by Gasteiger charge is -2.36. The largest absolute Gasteiger partial charge is 0.465 e. The quantitative estimate of drug-likeness (QED) is 0.667. The molecule has 0 bridgehead atoms. The number of pyridine rings is 1. The van der Waals surface area contributed by atoms with Crippen LogP contribution in [0.3, 0.4) is 0 Å². The van der Waals surface area contributed by atoms with Gasteiger partial charge in [0.1, 0.15) is 5.52 Å². The molecule has 2 fully saturated rings. The highest BCUT2D eigenvalue weighted by Crippen LogP contribution is 2.66. The van der Waals surface area contributed by atoms with Gasteiger partial charge in [-0.2, -0.15) is 0 Å². The van der Waals surface area contributed by atoms with Gasteiger partial charge in [-0.15, -0.1) is 0 Å². The van der Waals surface area contributed by atoms with Crippen LogP contribution in [0.15, 0.2) is 41.3 Å². The lowest BCUT2D eigenvalue weighted by Crippen LogP contribution is -2.47. The van der Waals surface area contributed by atoms with E-state index in [1.165, 1.54) is 4.90 Å². The van der Waals surface area contributed by atoms with Crippen molar-refractivity contribution in [2.45, 2.75) is 23.7 Å². The smallest absolute Gasteiger partial charge is 0.407 e. The molecular weight excluding hydrogens is 396 g/mol. The fourth-order valence-electron chi connectivity index (χ4n) is 5.55. The third kappa shape index (κ3) is 2.22. The summed E-state index contributed by atoms with van der Waals surface area (Å²) in [6.45, 7) is 0.837. The van der Waals surface area contributed by atoms with Crippen molar-refractivity contribution in [3.63, 3.8) is 0 Å². The molecule has 4 heterocycles. The zero-order valence-electron chi connectivity index (χ0n) is 17.3. The third-order valence-electron chi connectivity index (χ3n) is 7.38. The molecule has 2 N–H and O–H groups in total. The minimum Gasteiger partial charge on any atom is -0.465 e. The Kier molecular flexibility index (Phi) is 3.40. The Morgan fingerprint density at radius 1 is 1.19 bits per heavy atom. The van der Waals surface area contributed by atoms with E-state index in [-0.39, 0.29) is 23.3 Å². The molecule has 2 aromatic heterocycles. The van der Waals surface area contributed by atoms with E-state index in [1.807, 2.05) is 43.6 Å². The van der Waals surface area contributed by atoms with Crippen molar-refractivity contribution < 1.29 is 14.7 Å². The molecule has 1 aromatic carbocycles. The molecule has 3 aromatic rings. The lowest BCUT2D eigenvalue weighted by atomic mass is 9.91. The minimum atomic E-state index is -0.925. The number of carbonyl (C=O) groups excluding carboxylic acids is 1. The molecular formula is C23H22N4O4. The van der Waals surface area contributed by atoms with E-state index < -0.39 is 11.5 Å². The maximum absolute atomic E-state index is 13.3. The number of carbonyl (C=O) groups is 2. The van der Waals surface area contributed by atoms with Gasteiger partial charge in [-0.3, -0.25) is 9.59 Å². The molecule has 8 nitrogen and oxygen atoms in total. The SMILES string of the molecule is CN1C(=O)[C@@]2(C[C@H]2c2cn(C)c(=O)c3[nH]c(C4CN(C(=O)O)C4)cc23)c2ccccc21. The summed E-state index contributed by atoms with van der Waals surface area (Å²) in [6, 6.07) is 9.91. The van der Waals surface area contributed by atoms with Crippen LogP contribution in [0.4, 0.5) is 10.5 Å². The van der Waals surface area contributed by atoms with Gasteiger partial charge in [-0.25, -0.2) is 4.79 Å². The van der Waals surface area contributed by atoms with Crippen LogP contribution in [-0.4, -0.2) is 51.7 Å². The fraction of sp³-hybridized carbons (Fsp3) is 0.348. The highest BCUT2D eigenvalue weighted by Gasteiger charge is 2.67. The first-order valence-electron chi connectivity index (χ1n) is 10.4. The van der Waals surface area contributed by atoms with E-state index >= 15 is 0 Å². The summed E-state index contributed by atoms with van der Waals surface area (Å²) < 4.78 is 1.57. The Labute approximate surface area is 177 Å². The number of aromatic amines is 1. The van der Waals surface area contributed by atoms with Crippen molar-refractivity contribution in [3.8, 4) is 0 Å². The molecule has 6 rings (SSSR count). The molecule has 2 amide bonds. The first-order chi connectivity index (χ1) is 14.8. The van der Waals surface area contributed by atoms with Crippen LogP contribution in [0.5, 0.6) is 0 Å². The van der Waals surface area contributed by atoms with Crippen molar-refractivity contribution in [3.05, 3.63) is 63.7 Å². The molecule has 0 radical (unpaired) electrons. The van der Waals surface area contributed by atoms with E-state index in [9.17, 15) is 14.4 Å². The Hall–Kier alpha value is -3.55. The predicted molar refractivity (Wildman–Crippen MR) is 115 cm³/mol. The summed E-state index contributed by atoms with van der Waals surface area (Å²) in [5.41, 5.74) is 3.72. The van der Waals surface area contributed by atoms with E-state index in [1.54, 1.807) is 16.5 Å². The zero-order chi connectivity index (χ0) is 21.7. The maximum atomic E-state index is 13.3. The Balaban J connectivity index is 1.45. The summed E-state index contributed by atoms with van der Waals surface area (Å²) in [7, 11) is 3.55. The van der Waals surface area contributed by atoms with Crippen molar-refractivity contribution in [2.24, 2.45) is 7.05 Å². The summed E-state index contributed by atoms with van der Waals surface area (Å²) in [5.74, 6) is 0.155. The van der Waals surface area contributed by atoms with Gasteiger partial charge in [0.25, 0.3) is 5.56 Å². The molecule has 1 aliphatic carbocycles. The molecule has 0 unspecified atom stereocenters. The number of benzene rings is 1. The zero-order valence-corrected chi connectivity index (χ0v) is 17.3. The van der Waals surface area contributed by atoms with Crippen LogP contribution in [-0.2, 0) is 17.3 Å². The van der Waals surface area contributed by atoms with Gasteiger partial charge in [0.2, 0.25) is 5.91 Å². The second-order valence-corrected chi connectivity index (χ2v) is 9.01. The number of aromatic nitrogens is 2. The number of likely N-dealkylation sites (N-methyl/N-ethyl adjacent to an activating group) is 1. The lowest BCUT2D eigenvalue weighted by molar-refractivity contribution is -0.120. The second-order valence-electron chi connectivity index (χ2n) is 9.01. The van der Waals surface area contributed by atoms with Crippen molar-refractivity contribution in [2.75, 3.05) is 25.0 Å². The number of anilines is 1. The summed E-state index contributed by atoms with van der Waals surface area (Å²) in [5, 5.41) is 9.96. The summed E-state index contributed by atoms with van der Waals surface area (Å²) >= 11 is 0. The number of fused-ring (bicyclic) bond motifs is 3. The number of hydrogen-bond donors (Lipinski definition) is 2. The van der Waals surface area contributed by atoms with Gasteiger partial charge in [0.05, 0.1) is 5.41 Å². The van der Waals surface area contributed by atoms with Crippen LogP contribution in [0.2, 0.25) is 0 Å². The van der Waals surface area contributed by atoms with E-state index in [0.717, 1.165) is 34.3 Å². The predicted octanol–water partition coefficient (Wildman–Crippen LogP) is 2.35. The number of H-pyrrole nitrogens is 1. The number of nitrogens with zero attached hydrogens (tertiary/aromatic N) is 3. The highest BCUT2D eigenvalue weighted by molar-refractivity contribution is 6.11. The Morgan fingerprint density at radius 2 is 1.94 bits per heavy atom. The molecule has 1 saturated heterocycles. The number of hydrogen-bond acceptors (Lipinski definition) is 3. The number of amides is 2. The first-order valence-corrected chi connectivity index (χ1v) is 10.4. The number of para-hydroxylation sites is 1. The Morgan fingerprint density at radius 3 is 2.68 bits per heavy atom. The second kappa shape index (κ2) is 5.78. The van der Waals surface area contributed by atoms with Gasteiger partial charge in [-0.05, 0) is 29.7 Å². The van der Waals surface area contributed by atoms with Crippen LogP contribution >= 0.6 is 0 Å². The van der Waals surface area contributed by atoms with Crippen molar-refractivity contribution >= 4 is 28.6 Å². The molecule has 1 saturated carbocycles. The average molecular weight is 418 g/mol. The van der Waals surface area contributed by atoms with Crippen molar-refractivity contribution in [1.82, 2.24) is 14.5 Å². The number of carboxylic acid groups (broad SMARTS) is 1. The summed E-state index contributed by atoms with van der Waals surface area (Å²) in [6.07, 6.45) is 1.66. The van der Waals surface area contributed by atoms with Crippen LogP contribution in [0.1, 0.15) is 35.1 Å². The number of nitrogens with one attached hydrogen (secondary N) is 1. The van der Waals surface area contributed by atoms with Gasteiger partial charge < -0.3 is 24.5 Å². The van der Waals surface area contributed by atoms with Gasteiger partial charge in [-0.1, -0.05) is 18.2 Å². The molecule has 2 aliphatic heterocycles. The average Bonchev–Trinajstić information content (AvgIpc) is 3.25. The van der Waals surface area contributed by atoms with E-state index in [2.05, 4.69) is 4.98 Å².